The van der Waals surface area contributed by atoms with E-state index in [2.05, 4.69) is 10.6 Å². The summed E-state index contributed by atoms with van der Waals surface area (Å²) in [5, 5.41) is 14.0. The summed E-state index contributed by atoms with van der Waals surface area (Å²) >= 11 is 0. The maximum Gasteiger partial charge on any atom is 0.329 e. The number of hydrogen-bond donors (Lipinski definition) is 3. The molecule has 0 saturated carbocycles. The van der Waals surface area contributed by atoms with Crippen molar-refractivity contribution in [1.29, 1.82) is 0 Å². The molecule has 0 aromatic rings. The van der Waals surface area contributed by atoms with Crippen LogP contribution in [-0.4, -0.2) is 75.0 Å². The summed E-state index contributed by atoms with van der Waals surface area (Å²) in [6.07, 6.45) is 0.345. The number of rotatable bonds is 6. The Morgan fingerprint density at radius 3 is 2.33 bits per heavy atom. The van der Waals surface area contributed by atoms with Gasteiger partial charge in [0.15, 0.2) is 0 Å². The highest BCUT2D eigenvalue weighted by atomic mass is 32.2. The normalized spacial score (nSPS) is 18.2. The molecule has 0 bridgehead atoms. The zero-order chi connectivity index (χ0) is 16.1. The van der Waals surface area contributed by atoms with Crippen molar-refractivity contribution < 1.29 is 27.9 Å². The Balaban J connectivity index is 2.50. The third-order valence-electron chi connectivity index (χ3n) is 3.31. The molecule has 1 saturated heterocycles. The molecule has 0 atom stereocenters. The van der Waals surface area contributed by atoms with Gasteiger partial charge in [0.1, 0.15) is 5.54 Å². The first kappa shape index (κ1) is 17.7. The van der Waals surface area contributed by atoms with E-state index in [9.17, 15) is 23.1 Å². The fourth-order valence-electron chi connectivity index (χ4n) is 1.85. The fourth-order valence-corrected chi connectivity index (χ4v) is 2.57. The Bertz CT molecular complexity index is 484. The zero-order valence-electron chi connectivity index (χ0n) is 12.1. The maximum atomic E-state index is 11.7. The number of ether oxygens (including phenoxy) is 1. The highest BCUT2D eigenvalue weighted by molar-refractivity contribution is 7.89. The first-order chi connectivity index (χ1) is 9.69. The molecule has 1 aliphatic rings. The van der Waals surface area contributed by atoms with Crippen LogP contribution in [0.3, 0.4) is 0 Å². The fraction of sp³-hybridized carbons (Fsp3) is 0.818. The van der Waals surface area contributed by atoms with Gasteiger partial charge in [-0.2, -0.15) is 0 Å². The molecule has 0 aliphatic carbocycles. The summed E-state index contributed by atoms with van der Waals surface area (Å²) in [5.41, 5.74) is -1.36. The lowest BCUT2D eigenvalue weighted by Crippen LogP contribution is -2.59. The highest BCUT2D eigenvalue weighted by Gasteiger charge is 2.41. The van der Waals surface area contributed by atoms with E-state index in [0.29, 0.717) is 0 Å². The topological polar surface area (TPSA) is 125 Å². The van der Waals surface area contributed by atoms with Gasteiger partial charge in [-0.1, -0.05) is 0 Å². The van der Waals surface area contributed by atoms with Gasteiger partial charge in [-0.15, -0.1) is 0 Å². The van der Waals surface area contributed by atoms with Crippen LogP contribution in [0.4, 0.5) is 4.79 Å². The largest absolute Gasteiger partial charge is 0.480 e. The number of carbonyl (C=O) groups excluding carboxylic acids is 1. The van der Waals surface area contributed by atoms with Gasteiger partial charge in [0, 0.05) is 46.7 Å². The number of urea groups is 1. The van der Waals surface area contributed by atoms with Crippen LogP contribution in [0.25, 0.3) is 0 Å². The van der Waals surface area contributed by atoms with Crippen molar-refractivity contribution in [3.8, 4) is 0 Å². The Hall–Kier alpha value is -1.39. The number of carbonyl (C=O) groups is 2. The third kappa shape index (κ3) is 4.83. The minimum atomic E-state index is -3.40. The van der Waals surface area contributed by atoms with Gasteiger partial charge in [0.25, 0.3) is 0 Å². The summed E-state index contributed by atoms with van der Waals surface area (Å²) < 4.78 is 29.2. The summed E-state index contributed by atoms with van der Waals surface area (Å²) in [5.74, 6) is -1.38. The van der Waals surface area contributed by atoms with Gasteiger partial charge in [-0.25, -0.2) is 22.3 Å². The number of carboxylic acid groups (broad SMARTS) is 1. The van der Waals surface area contributed by atoms with Crippen molar-refractivity contribution in [3.63, 3.8) is 0 Å². The predicted molar refractivity (Wildman–Crippen MR) is 74.4 cm³/mol. The summed E-state index contributed by atoms with van der Waals surface area (Å²) in [4.78, 5) is 23.1. The average Bonchev–Trinajstić information content (AvgIpc) is 2.39. The van der Waals surface area contributed by atoms with Crippen LogP contribution in [0.5, 0.6) is 0 Å². The zero-order valence-corrected chi connectivity index (χ0v) is 12.9. The molecular weight excluding hydrogens is 302 g/mol. The standard InChI is InChI=1S/C11H21N3O6S/c1-14(2)21(18,19)8-5-12-10(17)13-11(9(15)16)3-6-20-7-4-11/h3-8H2,1-2H3,(H,15,16)(H2,12,13,17). The number of amides is 2. The number of nitrogens with one attached hydrogen (secondary N) is 2. The Morgan fingerprint density at radius 1 is 1.29 bits per heavy atom. The number of sulfonamides is 1. The van der Waals surface area contributed by atoms with E-state index in [1.807, 2.05) is 0 Å². The van der Waals surface area contributed by atoms with Crippen LogP contribution in [0.2, 0.25) is 0 Å². The predicted octanol–water partition coefficient (Wildman–Crippen LogP) is -1.19. The minimum absolute atomic E-state index is 0.0987. The molecule has 122 valence electrons. The van der Waals surface area contributed by atoms with Crippen LogP contribution in [0.1, 0.15) is 12.8 Å². The van der Waals surface area contributed by atoms with Crippen molar-refractivity contribution in [3.05, 3.63) is 0 Å². The summed E-state index contributed by atoms with van der Waals surface area (Å²) in [7, 11) is -0.605. The first-order valence-electron chi connectivity index (χ1n) is 6.47. The Labute approximate surface area is 123 Å². The number of aliphatic carboxylic acids is 1. The number of nitrogens with zero attached hydrogens (tertiary/aromatic N) is 1. The first-order valence-corrected chi connectivity index (χ1v) is 8.08. The molecule has 2 amide bonds. The van der Waals surface area contributed by atoms with Crippen molar-refractivity contribution >= 4 is 22.0 Å². The van der Waals surface area contributed by atoms with Crippen molar-refractivity contribution in [2.75, 3.05) is 39.6 Å². The summed E-state index contributed by atoms with van der Waals surface area (Å²) in [6.45, 7) is 0.404. The van der Waals surface area contributed by atoms with E-state index in [4.69, 9.17) is 4.74 Å². The Kier molecular flexibility index (Phi) is 5.93. The van der Waals surface area contributed by atoms with Gasteiger partial charge < -0.3 is 20.5 Å². The van der Waals surface area contributed by atoms with E-state index in [1.54, 1.807) is 0 Å². The van der Waals surface area contributed by atoms with Gasteiger partial charge in [0.2, 0.25) is 10.0 Å². The van der Waals surface area contributed by atoms with Crippen LogP contribution in [0, 0.1) is 0 Å². The smallest absolute Gasteiger partial charge is 0.329 e. The third-order valence-corrected chi connectivity index (χ3v) is 5.14. The van der Waals surface area contributed by atoms with Gasteiger partial charge >= 0.3 is 12.0 Å². The number of carboxylic acids is 1. The van der Waals surface area contributed by atoms with Crippen LogP contribution in [-0.2, 0) is 19.6 Å². The van der Waals surface area contributed by atoms with E-state index < -0.39 is 27.6 Å². The molecule has 1 heterocycles. The molecule has 0 spiro atoms. The van der Waals surface area contributed by atoms with Gasteiger partial charge in [0.05, 0.1) is 5.75 Å². The lowest BCUT2D eigenvalue weighted by molar-refractivity contribution is -0.148. The highest BCUT2D eigenvalue weighted by Crippen LogP contribution is 2.20. The second-order valence-corrected chi connectivity index (χ2v) is 7.28. The molecule has 0 aromatic heterocycles. The molecule has 0 aromatic carbocycles. The van der Waals surface area contributed by atoms with E-state index >= 15 is 0 Å². The molecule has 1 aliphatic heterocycles. The second kappa shape index (κ2) is 7.05. The van der Waals surface area contributed by atoms with Crippen LogP contribution >= 0.6 is 0 Å². The SMILES string of the molecule is CN(C)S(=O)(=O)CCNC(=O)NC1(C(=O)O)CCOCC1. The Morgan fingerprint density at radius 2 is 1.86 bits per heavy atom. The van der Waals surface area contributed by atoms with Crippen molar-refractivity contribution in [2.45, 2.75) is 18.4 Å². The van der Waals surface area contributed by atoms with E-state index in [0.717, 1.165) is 4.31 Å². The minimum Gasteiger partial charge on any atom is -0.480 e. The molecule has 21 heavy (non-hydrogen) atoms. The van der Waals surface area contributed by atoms with Gasteiger partial charge in [-0.3, -0.25) is 0 Å². The molecule has 0 radical (unpaired) electrons. The second-order valence-electron chi connectivity index (χ2n) is 4.98. The van der Waals surface area contributed by atoms with Crippen molar-refractivity contribution in [1.82, 2.24) is 14.9 Å². The quantitative estimate of drug-likeness (QED) is 0.564. The molecule has 1 fully saturated rings. The lowest BCUT2D eigenvalue weighted by Gasteiger charge is -2.33. The van der Waals surface area contributed by atoms with Crippen LogP contribution in [0.15, 0.2) is 0 Å². The maximum absolute atomic E-state index is 11.7. The number of hydrogen-bond acceptors (Lipinski definition) is 5. The lowest BCUT2D eigenvalue weighted by atomic mass is 9.90. The summed E-state index contributed by atoms with van der Waals surface area (Å²) in [6, 6.07) is -0.701. The average molecular weight is 323 g/mol. The molecule has 3 N–H and O–H groups in total. The molecule has 9 nitrogen and oxygen atoms in total. The van der Waals surface area contributed by atoms with E-state index in [1.165, 1.54) is 14.1 Å². The van der Waals surface area contributed by atoms with Gasteiger partial charge in [-0.05, 0) is 0 Å². The van der Waals surface area contributed by atoms with Crippen LogP contribution < -0.4 is 10.6 Å². The van der Waals surface area contributed by atoms with Crippen molar-refractivity contribution in [2.24, 2.45) is 0 Å². The molecular formula is C11H21N3O6S. The monoisotopic (exact) mass is 323 g/mol. The molecule has 10 heteroatoms. The molecule has 0 unspecified atom stereocenters. The van der Waals surface area contributed by atoms with E-state index in [-0.39, 0.29) is 38.4 Å². The molecule has 1 rings (SSSR count).